The molecule has 0 aromatic carbocycles. The van der Waals surface area contributed by atoms with Crippen LogP contribution in [-0.2, 0) is 19.1 Å². The molecule has 0 fully saturated rings. The van der Waals surface area contributed by atoms with Gasteiger partial charge < -0.3 is 9.47 Å². The second kappa shape index (κ2) is 16.8. The van der Waals surface area contributed by atoms with Crippen LogP contribution in [0.25, 0.3) is 0 Å². The van der Waals surface area contributed by atoms with Crippen molar-refractivity contribution < 1.29 is 19.1 Å². The van der Waals surface area contributed by atoms with Crippen LogP contribution in [0.15, 0.2) is 34.8 Å². The van der Waals surface area contributed by atoms with Crippen LogP contribution in [0.2, 0.25) is 0 Å². The summed E-state index contributed by atoms with van der Waals surface area (Å²) in [6, 6.07) is 0. The lowest BCUT2D eigenvalue weighted by molar-refractivity contribution is -0.143. The Morgan fingerprint density at radius 3 is 1.81 bits per heavy atom. The van der Waals surface area contributed by atoms with Crippen LogP contribution in [0, 0.1) is 5.41 Å². The summed E-state index contributed by atoms with van der Waals surface area (Å²) in [5.74, 6) is -0.288. The third kappa shape index (κ3) is 11.0. The summed E-state index contributed by atoms with van der Waals surface area (Å²) < 4.78 is 10.9. The fraction of sp³-hybridized carbons (Fsp3) is 0.750. The largest absolute Gasteiger partial charge is 0.472 e. The van der Waals surface area contributed by atoms with Crippen LogP contribution >= 0.6 is 0 Å². The maximum atomic E-state index is 12.6. The summed E-state index contributed by atoms with van der Waals surface area (Å²) in [5, 5.41) is 0. The molecule has 0 aromatic rings. The molecule has 2 rings (SSSR count). The second-order valence-electron chi connectivity index (χ2n) is 11.7. The first-order chi connectivity index (χ1) is 17.3. The number of rotatable bonds is 19. The topological polar surface area (TPSA) is 52.6 Å². The van der Waals surface area contributed by atoms with E-state index in [9.17, 15) is 9.59 Å². The maximum Gasteiger partial charge on any atom is 0.310 e. The van der Waals surface area contributed by atoms with Crippen LogP contribution < -0.4 is 0 Å². The number of hydrogen-bond acceptors (Lipinski definition) is 4. The van der Waals surface area contributed by atoms with E-state index in [0.29, 0.717) is 18.6 Å². The fourth-order valence-electron chi connectivity index (χ4n) is 5.15. The Labute approximate surface area is 221 Å². The second-order valence-corrected chi connectivity index (χ2v) is 11.7. The van der Waals surface area contributed by atoms with E-state index in [1.165, 1.54) is 89.9 Å². The van der Waals surface area contributed by atoms with Gasteiger partial charge in [0, 0.05) is 23.1 Å². The molecule has 2 aliphatic rings. The first-order valence-electron chi connectivity index (χ1n) is 14.8. The van der Waals surface area contributed by atoms with Gasteiger partial charge in [-0.1, -0.05) is 124 Å². The van der Waals surface area contributed by atoms with Crippen molar-refractivity contribution in [3.63, 3.8) is 0 Å². The van der Waals surface area contributed by atoms with Gasteiger partial charge in [0.15, 0.2) is 5.78 Å². The van der Waals surface area contributed by atoms with Gasteiger partial charge in [0.25, 0.3) is 0 Å². The zero-order valence-corrected chi connectivity index (χ0v) is 23.7. The van der Waals surface area contributed by atoms with Crippen LogP contribution in [0.1, 0.15) is 143 Å². The molecule has 0 atom stereocenters. The van der Waals surface area contributed by atoms with E-state index in [1.54, 1.807) is 12.5 Å². The third-order valence-corrected chi connectivity index (χ3v) is 7.37. The summed E-state index contributed by atoms with van der Waals surface area (Å²) in [5.41, 5.74) is 3.18. The number of ether oxygens (including phenoxy) is 2. The highest BCUT2D eigenvalue weighted by Crippen LogP contribution is 2.44. The average molecular weight is 501 g/mol. The summed E-state index contributed by atoms with van der Waals surface area (Å²) in [7, 11) is 0. The summed E-state index contributed by atoms with van der Waals surface area (Å²) in [6.07, 6.45) is 24.9. The number of carbonyl (C=O) groups is 2. The fourth-order valence-corrected chi connectivity index (χ4v) is 5.15. The molecule has 0 spiro atoms. The van der Waals surface area contributed by atoms with Gasteiger partial charge in [-0.2, -0.15) is 0 Å². The number of Topliss-reactive ketones (excluding diaryl/α,β-unsaturated/α-hetero) is 1. The molecule has 4 nitrogen and oxygen atoms in total. The Morgan fingerprint density at radius 1 is 0.806 bits per heavy atom. The van der Waals surface area contributed by atoms with Gasteiger partial charge in [-0.15, -0.1) is 0 Å². The first-order valence-corrected chi connectivity index (χ1v) is 14.8. The monoisotopic (exact) mass is 500 g/mol. The molecular weight excluding hydrogens is 448 g/mol. The number of unbranched alkanes of at least 4 members (excludes halogenated alkanes) is 15. The van der Waals surface area contributed by atoms with Gasteiger partial charge in [-0.3, -0.25) is 9.59 Å². The van der Waals surface area contributed by atoms with E-state index >= 15 is 0 Å². The van der Waals surface area contributed by atoms with E-state index in [2.05, 4.69) is 27.7 Å². The van der Waals surface area contributed by atoms with Crippen molar-refractivity contribution in [1.29, 1.82) is 0 Å². The molecule has 0 bridgehead atoms. The molecular formula is C32H52O4. The normalized spacial score (nSPS) is 15.5. The minimum absolute atomic E-state index is 0.0104. The number of esters is 1. The number of ketones is 1. The highest BCUT2D eigenvalue weighted by molar-refractivity contribution is 6.06. The van der Waals surface area contributed by atoms with E-state index in [0.717, 1.165) is 29.6 Å². The van der Waals surface area contributed by atoms with E-state index in [1.807, 2.05) is 0 Å². The van der Waals surface area contributed by atoms with Crippen molar-refractivity contribution in [2.24, 2.45) is 5.41 Å². The zero-order valence-electron chi connectivity index (χ0n) is 23.7. The lowest BCUT2D eigenvalue weighted by atomic mass is 9.79. The summed E-state index contributed by atoms with van der Waals surface area (Å²) >= 11 is 0. The van der Waals surface area contributed by atoms with Crippen molar-refractivity contribution in [3.05, 3.63) is 34.8 Å². The predicted octanol–water partition coefficient (Wildman–Crippen LogP) is 9.29. The molecule has 36 heavy (non-hydrogen) atoms. The van der Waals surface area contributed by atoms with Gasteiger partial charge in [0.05, 0.1) is 25.6 Å². The first kappa shape index (κ1) is 30.4. The minimum atomic E-state index is -0.298. The van der Waals surface area contributed by atoms with Crippen LogP contribution in [-0.4, -0.2) is 18.4 Å². The number of allylic oxidation sites excluding steroid dienone is 3. The molecule has 0 aromatic heterocycles. The molecule has 1 aliphatic carbocycles. The molecule has 1 aliphatic heterocycles. The Hall–Kier alpha value is -1.84. The van der Waals surface area contributed by atoms with Crippen molar-refractivity contribution >= 4 is 11.8 Å². The molecule has 204 valence electrons. The van der Waals surface area contributed by atoms with Gasteiger partial charge in [0.2, 0.25) is 0 Å². The van der Waals surface area contributed by atoms with Gasteiger partial charge >= 0.3 is 5.97 Å². The van der Waals surface area contributed by atoms with E-state index in [-0.39, 0.29) is 23.6 Å². The Kier molecular flexibility index (Phi) is 14.2. The van der Waals surface area contributed by atoms with Gasteiger partial charge in [-0.25, -0.2) is 0 Å². The smallest absolute Gasteiger partial charge is 0.310 e. The molecule has 4 heteroatoms. The Morgan fingerprint density at radius 2 is 1.31 bits per heavy atom. The Bertz CT molecular complexity index is 778. The van der Waals surface area contributed by atoms with Gasteiger partial charge in [-0.05, 0) is 17.4 Å². The lowest BCUT2D eigenvalue weighted by Crippen LogP contribution is -2.16. The number of carbonyl (C=O) groups excluding carboxylic acids is 2. The van der Waals surface area contributed by atoms with Crippen molar-refractivity contribution in [3.8, 4) is 0 Å². The summed E-state index contributed by atoms with van der Waals surface area (Å²) in [4.78, 5) is 25.0. The Balaban J connectivity index is 1.49. The summed E-state index contributed by atoms with van der Waals surface area (Å²) in [6.45, 7) is 9.00. The van der Waals surface area contributed by atoms with Crippen LogP contribution in [0.5, 0.6) is 0 Å². The number of fused-ring (bicyclic) bond motifs is 1. The molecule has 0 unspecified atom stereocenters. The molecule has 1 heterocycles. The predicted molar refractivity (Wildman–Crippen MR) is 148 cm³/mol. The highest BCUT2D eigenvalue weighted by Gasteiger charge is 2.36. The van der Waals surface area contributed by atoms with E-state index < -0.39 is 0 Å². The zero-order chi connectivity index (χ0) is 26.2. The van der Waals surface area contributed by atoms with E-state index in [4.69, 9.17) is 9.47 Å². The average Bonchev–Trinajstić information content (AvgIpc) is 3.15. The minimum Gasteiger partial charge on any atom is -0.472 e. The van der Waals surface area contributed by atoms with Crippen LogP contribution in [0.4, 0.5) is 0 Å². The molecule has 0 N–H and O–H groups in total. The quantitative estimate of drug-likeness (QED) is 0.131. The van der Waals surface area contributed by atoms with Crippen LogP contribution in [0.3, 0.4) is 0 Å². The molecule has 0 saturated carbocycles. The highest BCUT2D eigenvalue weighted by atomic mass is 16.5. The lowest BCUT2D eigenvalue weighted by Gasteiger charge is -2.27. The SMILES string of the molecule is CCCCCCCCCCCCCCCCCCOC(=O)CC1=C2C(=COC=C2C(C)(C)C)CC1=O. The number of hydrogen-bond donors (Lipinski definition) is 0. The third-order valence-electron chi connectivity index (χ3n) is 7.37. The standard InChI is InChI=1S/C32H52O4/c1-5-6-7-8-9-10-11-12-13-14-15-16-17-18-19-20-21-36-30(34)23-27-29(33)22-26-24-35-25-28(31(26)27)32(2,3)4/h24-25H,5-23H2,1-4H3. The van der Waals surface area contributed by atoms with Crippen molar-refractivity contribution in [2.45, 2.75) is 143 Å². The molecule has 0 saturated heterocycles. The molecule has 0 radical (unpaired) electrons. The van der Waals surface area contributed by atoms with Crippen molar-refractivity contribution in [1.82, 2.24) is 0 Å². The van der Waals surface area contributed by atoms with Crippen molar-refractivity contribution in [2.75, 3.05) is 6.61 Å². The van der Waals surface area contributed by atoms with Gasteiger partial charge in [0.1, 0.15) is 0 Å². The maximum absolute atomic E-state index is 12.6. The molecule has 0 amide bonds.